The zero-order chi connectivity index (χ0) is 14.3. The number of aliphatic hydroxyl groups is 1. The molecule has 2 N–H and O–H groups in total. The van der Waals surface area contributed by atoms with Crippen LogP contribution >= 0.6 is 11.3 Å². The largest absolute Gasteiger partial charge is 0.395 e. The maximum atomic E-state index is 11.8. The minimum atomic E-state index is -3.08. The number of carbonyl (C=O) groups is 1. The number of amides is 1. The molecule has 1 amide bonds. The monoisotopic (exact) mass is 301 g/mol. The number of sulfone groups is 1. The van der Waals surface area contributed by atoms with Crippen LogP contribution in [0.1, 0.15) is 21.7 Å². The van der Waals surface area contributed by atoms with Crippen molar-refractivity contribution in [1.29, 1.82) is 0 Å². The summed E-state index contributed by atoms with van der Waals surface area (Å²) in [4.78, 5) is 12.3. The van der Waals surface area contributed by atoms with Gasteiger partial charge in [-0.15, -0.1) is 11.3 Å². The van der Waals surface area contributed by atoms with E-state index in [1.807, 2.05) is 0 Å². The summed E-state index contributed by atoms with van der Waals surface area (Å²) in [6.07, 6.45) is 1.47. The quantitative estimate of drug-likeness (QED) is 0.764. The van der Waals surface area contributed by atoms with Crippen molar-refractivity contribution in [3.8, 4) is 11.8 Å². The molecule has 1 aromatic rings. The van der Waals surface area contributed by atoms with E-state index in [2.05, 4.69) is 17.2 Å². The SMILES string of the molecule is CS(=O)(=O)CCNC(=O)c1sccc1C#CCCO. The van der Waals surface area contributed by atoms with Crippen molar-refractivity contribution in [2.45, 2.75) is 6.42 Å². The first-order valence-corrected chi connectivity index (χ1v) is 8.51. The van der Waals surface area contributed by atoms with E-state index in [1.165, 1.54) is 11.3 Å². The Hall–Kier alpha value is -1.36. The summed E-state index contributed by atoms with van der Waals surface area (Å²) >= 11 is 1.25. The molecule has 0 saturated carbocycles. The standard InChI is InChI=1S/C12H15NO4S2/c1-19(16,17)9-6-13-12(15)11-10(5-8-18-11)4-2-3-7-14/h5,8,14H,3,6-7,9H2,1H3,(H,13,15). The van der Waals surface area contributed by atoms with Crippen molar-refractivity contribution >= 4 is 27.1 Å². The third kappa shape index (κ3) is 5.87. The molecular weight excluding hydrogens is 286 g/mol. The third-order valence-electron chi connectivity index (χ3n) is 2.09. The summed E-state index contributed by atoms with van der Waals surface area (Å²) in [5.74, 6) is 5.13. The van der Waals surface area contributed by atoms with Crippen LogP contribution in [0.3, 0.4) is 0 Å². The zero-order valence-electron chi connectivity index (χ0n) is 10.5. The number of carbonyl (C=O) groups excluding carboxylic acids is 1. The second-order valence-electron chi connectivity index (χ2n) is 3.82. The minimum absolute atomic E-state index is 0.0208. The Morgan fingerprint density at radius 1 is 1.53 bits per heavy atom. The molecule has 104 valence electrons. The lowest BCUT2D eigenvalue weighted by atomic mass is 10.2. The Kier molecular flexibility index (Phi) is 6.02. The van der Waals surface area contributed by atoms with Gasteiger partial charge in [-0.2, -0.15) is 0 Å². The fourth-order valence-corrected chi connectivity index (χ4v) is 2.47. The second-order valence-corrected chi connectivity index (χ2v) is 7.00. The molecule has 0 unspecified atom stereocenters. The van der Waals surface area contributed by atoms with Crippen LogP contribution in [-0.2, 0) is 9.84 Å². The van der Waals surface area contributed by atoms with Gasteiger partial charge in [0.25, 0.3) is 5.91 Å². The van der Waals surface area contributed by atoms with Crippen molar-refractivity contribution in [1.82, 2.24) is 5.32 Å². The van der Waals surface area contributed by atoms with Crippen molar-refractivity contribution in [3.05, 3.63) is 21.9 Å². The van der Waals surface area contributed by atoms with Gasteiger partial charge in [-0.3, -0.25) is 4.79 Å². The molecule has 7 heteroatoms. The van der Waals surface area contributed by atoms with Crippen LogP contribution in [0.2, 0.25) is 0 Å². The number of rotatable bonds is 5. The molecule has 0 aliphatic rings. The highest BCUT2D eigenvalue weighted by Crippen LogP contribution is 2.15. The fourth-order valence-electron chi connectivity index (χ4n) is 1.23. The molecule has 0 fully saturated rings. The summed E-state index contributed by atoms with van der Waals surface area (Å²) in [6, 6.07) is 1.72. The lowest BCUT2D eigenvalue weighted by Gasteiger charge is -2.02. The molecule has 5 nitrogen and oxygen atoms in total. The molecule has 19 heavy (non-hydrogen) atoms. The van der Waals surface area contributed by atoms with Gasteiger partial charge in [-0.25, -0.2) is 8.42 Å². The fraction of sp³-hybridized carbons (Fsp3) is 0.417. The molecule has 0 saturated heterocycles. The van der Waals surface area contributed by atoms with E-state index in [-0.39, 0.29) is 24.8 Å². The normalized spacial score (nSPS) is 10.6. The molecule has 0 aliphatic heterocycles. The highest BCUT2D eigenvalue weighted by atomic mass is 32.2. The van der Waals surface area contributed by atoms with Gasteiger partial charge in [-0.1, -0.05) is 11.8 Å². The van der Waals surface area contributed by atoms with Gasteiger partial charge < -0.3 is 10.4 Å². The molecule has 0 aliphatic carbocycles. The number of thiophene rings is 1. The van der Waals surface area contributed by atoms with Crippen LogP contribution in [0.4, 0.5) is 0 Å². The van der Waals surface area contributed by atoms with E-state index < -0.39 is 9.84 Å². The number of nitrogens with one attached hydrogen (secondary N) is 1. The molecule has 0 radical (unpaired) electrons. The van der Waals surface area contributed by atoms with Crippen LogP contribution < -0.4 is 5.32 Å². The number of hydrogen-bond acceptors (Lipinski definition) is 5. The molecule has 1 aromatic heterocycles. The Morgan fingerprint density at radius 3 is 2.89 bits per heavy atom. The molecule has 1 rings (SSSR count). The smallest absolute Gasteiger partial charge is 0.262 e. The van der Waals surface area contributed by atoms with Crippen LogP contribution in [-0.4, -0.2) is 44.6 Å². The second kappa shape index (κ2) is 7.28. The highest BCUT2D eigenvalue weighted by Gasteiger charge is 2.12. The van der Waals surface area contributed by atoms with Crippen LogP contribution in [0.15, 0.2) is 11.4 Å². The first kappa shape index (κ1) is 15.7. The summed E-state index contributed by atoms with van der Waals surface area (Å²) in [6.45, 7) is 0.0616. The average Bonchev–Trinajstić information content (AvgIpc) is 2.76. The van der Waals surface area contributed by atoms with Gasteiger partial charge in [0.05, 0.1) is 12.4 Å². The first-order valence-electron chi connectivity index (χ1n) is 5.57. The van der Waals surface area contributed by atoms with E-state index in [4.69, 9.17) is 5.11 Å². The number of aliphatic hydroxyl groups excluding tert-OH is 1. The van der Waals surface area contributed by atoms with Crippen LogP contribution in [0.5, 0.6) is 0 Å². The Labute approximate surface area is 116 Å². The van der Waals surface area contributed by atoms with Crippen molar-refractivity contribution in [2.75, 3.05) is 25.2 Å². The van der Waals surface area contributed by atoms with Crippen molar-refractivity contribution in [3.63, 3.8) is 0 Å². The van der Waals surface area contributed by atoms with Gasteiger partial charge in [0, 0.05) is 24.8 Å². The van der Waals surface area contributed by atoms with Gasteiger partial charge in [-0.05, 0) is 11.4 Å². The lowest BCUT2D eigenvalue weighted by molar-refractivity contribution is 0.0960. The van der Waals surface area contributed by atoms with E-state index in [0.717, 1.165) is 6.26 Å². The van der Waals surface area contributed by atoms with Crippen LogP contribution in [0.25, 0.3) is 0 Å². The molecule has 0 atom stereocenters. The summed E-state index contributed by atoms with van der Waals surface area (Å²) in [7, 11) is -3.08. The third-order valence-corrected chi connectivity index (χ3v) is 3.95. The molecule has 1 heterocycles. The minimum Gasteiger partial charge on any atom is -0.395 e. The van der Waals surface area contributed by atoms with Gasteiger partial charge in [0.1, 0.15) is 14.7 Å². The van der Waals surface area contributed by atoms with E-state index in [1.54, 1.807) is 11.4 Å². The van der Waals surface area contributed by atoms with Gasteiger partial charge in [0.15, 0.2) is 0 Å². The summed E-state index contributed by atoms with van der Waals surface area (Å²) in [5, 5.41) is 12.9. The molecule has 0 spiro atoms. The van der Waals surface area contributed by atoms with Gasteiger partial charge >= 0.3 is 0 Å². The molecule has 0 aromatic carbocycles. The Balaban J connectivity index is 2.63. The van der Waals surface area contributed by atoms with E-state index in [0.29, 0.717) is 16.9 Å². The van der Waals surface area contributed by atoms with Gasteiger partial charge in [0.2, 0.25) is 0 Å². The maximum Gasteiger partial charge on any atom is 0.262 e. The highest BCUT2D eigenvalue weighted by molar-refractivity contribution is 7.90. The average molecular weight is 301 g/mol. The van der Waals surface area contributed by atoms with E-state index in [9.17, 15) is 13.2 Å². The Bertz CT molecular complexity index is 593. The molecular formula is C12H15NO4S2. The Morgan fingerprint density at radius 2 is 2.26 bits per heavy atom. The van der Waals surface area contributed by atoms with Crippen LogP contribution in [0, 0.1) is 11.8 Å². The maximum absolute atomic E-state index is 11.8. The predicted octanol–water partition coefficient (Wildman–Crippen LogP) is 0.256. The lowest BCUT2D eigenvalue weighted by Crippen LogP contribution is -2.28. The first-order chi connectivity index (χ1) is 8.94. The van der Waals surface area contributed by atoms with E-state index >= 15 is 0 Å². The van der Waals surface area contributed by atoms with Crippen molar-refractivity contribution < 1.29 is 18.3 Å². The summed E-state index contributed by atoms with van der Waals surface area (Å²) < 4.78 is 21.9. The predicted molar refractivity (Wildman–Crippen MR) is 74.9 cm³/mol. The molecule has 0 bridgehead atoms. The van der Waals surface area contributed by atoms with Crippen molar-refractivity contribution in [2.24, 2.45) is 0 Å². The zero-order valence-corrected chi connectivity index (χ0v) is 12.1. The number of hydrogen-bond donors (Lipinski definition) is 2. The topological polar surface area (TPSA) is 83.5 Å². The summed E-state index contributed by atoms with van der Waals surface area (Å²) in [5.41, 5.74) is 0.593.